The first-order valence-electron chi connectivity index (χ1n) is 14.6. The van der Waals surface area contributed by atoms with Crippen LogP contribution in [0.3, 0.4) is 0 Å². The summed E-state index contributed by atoms with van der Waals surface area (Å²) in [6.07, 6.45) is 1.84. The molecule has 0 aliphatic carbocycles. The van der Waals surface area contributed by atoms with Crippen molar-refractivity contribution < 1.29 is 26.2 Å². The molecule has 1 N–H and O–H groups in total. The van der Waals surface area contributed by atoms with Crippen LogP contribution in [0.2, 0.25) is 0 Å². The Kier molecular flexibility index (Phi) is 7.73. The number of pyridine rings is 1. The topological polar surface area (TPSA) is 50.9 Å². The molecule has 0 aliphatic heterocycles. The van der Waals surface area contributed by atoms with Gasteiger partial charge in [0.25, 0.3) is 0 Å². The van der Waals surface area contributed by atoms with E-state index in [-0.39, 0.29) is 32.2 Å². The maximum atomic E-state index is 10.8. The Labute approximate surface area is 272 Å². The van der Waals surface area contributed by atoms with Crippen LogP contribution in [-0.4, -0.2) is 19.6 Å². The van der Waals surface area contributed by atoms with E-state index in [4.69, 9.17) is 9.97 Å². The van der Waals surface area contributed by atoms with Gasteiger partial charge in [0.05, 0.1) is 16.9 Å². The minimum absolute atomic E-state index is 0. The summed E-state index contributed by atoms with van der Waals surface area (Å²) in [6, 6.07) is 40.6. The predicted molar refractivity (Wildman–Crippen MR) is 177 cm³/mol. The molecular formula is C39H32N3OPt-. The number of para-hydroxylation sites is 2. The van der Waals surface area contributed by atoms with Gasteiger partial charge >= 0.3 is 0 Å². The van der Waals surface area contributed by atoms with Gasteiger partial charge in [-0.05, 0) is 53.6 Å². The van der Waals surface area contributed by atoms with Gasteiger partial charge in [-0.15, -0.1) is 29.8 Å². The molecule has 0 unspecified atom stereocenters. The van der Waals surface area contributed by atoms with Crippen molar-refractivity contribution in [3.63, 3.8) is 0 Å². The van der Waals surface area contributed by atoms with Crippen LogP contribution in [0.25, 0.3) is 61.3 Å². The maximum Gasteiger partial charge on any atom is 0.123 e. The summed E-state index contributed by atoms with van der Waals surface area (Å²) in [5, 5.41) is 11.9. The van der Waals surface area contributed by atoms with E-state index in [1.165, 1.54) is 11.1 Å². The second kappa shape index (κ2) is 11.5. The summed E-state index contributed by atoms with van der Waals surface area (Å²) in [5.41, 5.74) is 10.8. The molecule has 0 fully saturated rings. The fourth-order valence-corrected chi connectivity index (χ4v) is 5.87. The number of hydrogen-bond donors (Lipinski definition) is 1. The number of phenolic OH excluding ortho intramolecular Hbond substituents is 1. The van der Waals surface area contributed by atoms with Crippen molar-refractivity contribution in [2.24, 2.45) is 0 Å². The molecule has 2 heterocycles. The van der Waals surface area contributed by atoms with Crippen molar-refractivity contribution in [2.45, 2.75) is 33.1 Å². The summed E-state index contributed by atoms with van der Waals surface area (Å²) < 4.78 is 2.20. The molecule has 2 aromatic heterocycles. The molecule has 0 atom stereocenters. The van der Waals surface area contributed by atoms with Gasteiger partial charge in [0.1, 0.15) is 5.75 Å². The standard InChI is InChI=1S/C39H32N3O.Pt/c1-25-22-27-12-9-21-40-36(27)33(23-25)26-10-7-11-28(24-26)38-41-37-32(31-13-5-6-16-35(31)43)14-8-15-34(37)42(38)30-19-17-29(18-20-30)39(2,3)4;/h5-23,43H,1-4H3;/q-1;. The van der Waals surface area contributed by atoms with Crippen LogP contribution in [-0.2, 0) is 26.5 Å². The quantitative estimate of drug-likeness (QED) is 0.182. The molecule has 0 aliphatic rings. The van der Waals surface area contributed by atoms with Crippen LogP contribution in [0.1, 0.15) is 31.9 Å². The number of aromatic nitrogens is 3. The Hall–Kier alpha value is -4.53. The van der Waals surface area contributed by atoms with Crippen molar-refractivity contribution in [3.05, 3.63) is 133 Å². The summed E-state index contributed by atoms with van der Waals surface area (Å²) >= 11 is 0. The molecule has 0 spiro atoms. The Morgan fingerprint density at radius 1 is 0.705 bits per heavy atom. The van der Waals surface area contributed by atoms with E-state index in [2.05, 4.69) is 105 Å². The van der Waals surface area contributed by atoms with E-state index in [0.717, 1.165) is 61.3 Å². The number of aromatic hydroxyl groups is 1. The molecule has 0 saturated carbocycles. The summed E-state index contributed by atoms with van der Waals surface area (Å²) in [4.78, 5) is 9.99. The molecule has 0 saturated heterocycles. The number of rotatable bonds is 4. The zero-order valence-corrected chi connectivity index (χ0v) is 27.3. The zero-order chi connectivity index (χ0) is 29.7. The van der Waals surface area contributed by atoms with E-state index in [0.29, 0.717) is 0 Å². The first-order valence-corrected chi connectivity index (χ1v) is 14.6. The van der Waals surface area contributed by atoms with Gasteiger partial charge in [-0.3, -0.25) is 9.97 Å². The molecule has 0 amide bonds. The Morgan fingerprint density at radius 2 is 1.43 bits per heavy atom. The second-order valence-electron chi connectivity index (χ2n) is 12.1. The third kappa shape index (κ3) is 5.25. The van der Waals surface area contributed by atoms with Crippen LogP contribution >= 0.6 is 0 Å². The Morgan fingerprint density at radius 3 is 2.20 bits per heavy atom. The smallest absolute Gasteiger partial charge is 0.123 e. The number of hydrogen-bond acceptors (Lipinski definition) is 3. The van der Waals surface area contributed by atoms with Gasteiger partial charge in [-0.2, -0.15) is 0 Å². The molecule has 0 radical (unpaired) electrons. The van der Waals surface area contributed by atoms with Gasteiger partial charge in [0.2, 0.25) is 0 Å². The van der Waals surface area contributed by atoms with Crippen molar-refractivity contribution >= 4 is 21.9 Å². The van der Waals surface area contributed by atoms with Gasteiger partial charge < -0.3 is 9.67 Å². The maximum absolute atomic E-state index is 10.8. The number of aryl methyl sites for hydroxylation is 1. The van der Waals surface area contributed by atoms with Crippen LogP contribution in [0.15, 0.2) is 115 Å². The Bertz CT molecular complexity index is 2140. The van der Waals surface area contributed by atoms with Gasteiger partial charge in [-0.1, -0.05) is 98.1 Å². The largest absolute Gasteiger partial charge is 0.507 e. The van der Waals surface area contributed by atoms with Gasteiger partial charge in [-0.25, -0.2) is 0 Å². The van der Waals surface area contributed by atoms with E-state index in [1.54, 1.807) is 6.07 Å². The molecule has 5 heteroatoms. The van der Waals surface area contributed by atoms with E-state index >= 15 is 0 Å². The van der Waals surface area contributed by atoms with Gasteiger partial charge in [0.15, 0.2) is 0 Å². The number of imidazole rings is 1. The third-order valence-electron chi connectivity index (χ3n) is 8.05. The van der Waals surface area contributed by atoms with Crippen LogP contribution in [0.4, 0.5) is 0 Å². The van der Waals surface area contributed by atoms with Crippen molar-refractivity contribution in [1.29, 1.82) is 0 Å². The fourth-order valence-electron chi connectivity index (χ4n) is 5.87. The predicted octanol–water partition coefficient (Wildman–Crippen LogP) is 9.68. The first-order chi connectivity index (χ1) is 20.8. The fraction of sp³-hybridized carbons (Fsp3) is 0.128. The van der Waals surface area contributed by atoms with E-state index < -0.39 is 0 Å². The Balaban J connectivity index is 0.00000343. The summed E-state index contributed by atoms with van der Waals surface area (Å²) in [6.45, 7) is 8.79. The monoisotopic (exact) mass is 753 g/mol. The average molecular weight is 754 g/mol. The number of benzene rings is 5. The molecule has 7 aromatic rings. The summed E-state index contributed by atoms with van der Waals surface area (Å²) in [7, 11) is 0. The molecule has 220 valence electrons. The minimum atomic E-state index is 0. The average Bonchev–Trinajstić information content (AvgIpc) is 3.41. The van der Waals surface area contributed by atoms with Crippen molar-refractivity contribution in [3.8, 4) is 45.1 Å². The molecule has 44 heavy (non-hydrogen) atoms. The number of nitrogens with zero attached hydrogens (tertiary/aromatic N) is 3. The van der Waals surface area contributed by atoms with E-state index in [9.17, 15) is 5.11 Å². The number of fused-ring (bicyclic) bond motifs is 2. The SMILES string of the molecule is Cc1cc(-c2[c-]c(-c3nc4c(-c5ccccc5O)cccc4n3-c3ccc(C(C)(C)C)cc3)ccc2)c2ncccc2c1.[Pt]. The third-order valence-corrected chi connectivity index (χ3v) is 8.05. The molecule has 5 aromatic carbocycles. The van der Waals surface area contributed by atoms with Crippen molar-refractivity contribution in [1.82, 2.24) is 14.5 Å². The normalized spacial score (nSPS) is 11.5. The van der Waals surface area contributed by atoms with Crippen molar-refractivity contribution in [2.75, 3.05) is 0 Å². The number of phenols is 1. The second-order valence-corrected chi connectivity index (χ2v) is 12.1. The molecular weight excluding hydrogens is 722 g/mol. The minimum Gasteiger partial charge on any atom is -0.507 e. The molecule has 4 nitrogen and oxygen atoms in total. The molecule has 0 bridgehead atoms. The van der Waals surface area contributed by atoms with Crippen LogP contribution < -0.4 is 0 Å². The molecule has 7 rings (SSSR count). The van der Waals surface area contributed by atoms with Gasteiger partial charge in [0, 0.05) is 49.6 Å². The summed E-state index contributed by atoms with van der Waals surface area (Å²) in [5.74, 6) is 1.01. The first kappa shape index (κ1) is 29.5. The van der Waals surface area contributed by atoms with E-state index in [1.807, 2.05) is 42.6 Å². The van der Waals surface area contributed by atoms with Crippen LogP contribution in [0, 0.1) is 13.0 Å². The van der Waals surface area contributed by atoms with Crippen LogP contribution in [0.5, 0.6) is 5.75 Å². The zero-order valence-electron chi connectivity index (χ0n) is 25.1.